The van der Waals surface area contributed by atoms with Gasteiger partial charge >= 0.3 is 0 Å². The van der Waals surface area contributed by atoms with Crippen LogP contribution in [-0.4, -0.2) is 45.6 Å². The van der Waals surface area contributed by atoms with Crippen molar-refractivity contribution < 1.29 is 9.90 Å². The van der Waals surface area contributed by atoms with Crippen molar-refractivity contribution >= 4 is 17.7 Å². The number of aliphatic hydroxyl groups excluding tert-OH is 1. The van der Waals surface area contributed by atoms with Crippen molar-refractivity contribution in [2.45, 2.75) is 25.9 Å². The largest absolute Gasteiger partial charge is 0.383 e. The first kappa shape index (κ1) is 15.7. The summed E-state index contributed by atoms with van der Waals surface area (Å²) in [4.78, 5) is 29.4. The summed E-state index contributed by atoms with van der Waals surface area (Å²) >= 11 is 1.58. The number of amides is 1. The summed E-state index contributed by atoms with van der Waals surface area (Å²) in [7, 11) is 0. The number of hydrogen-bond donors (Lipinski definition) is 3. The Morgan fingerprint density at radius 1 is 1.63 bits per heavy atom. The Morgan fingerprint density at radius 3 is 3.00 bits per heavy atom. The van der Waals surface area contributed by atoms with Gasteiger partial charge in [-0.2, -0.15) is 11.8 Å². The molecule has 1 rings (SSSR count). The maximum absolute atomic E-state index is 11.5. The molecule has 3 N–H and O–H groups in total. The van der Waals surface area contributed by atoms with Crippen LogP contribution < -0.4 is 10.9 Å². The smallest absolute Gasteiger partial charge is 0.251 e. The van der Waals surface area contributed by atoms with Crippen LogP contribution in [0.3, 0.4) is 0 Å². The van der Waals surface area contributed by atoms with E-state index in [1.807, 2.05) is 6.26 Å². The lowest BCUT2D eigenvalue weighted by Crippen LogP contribution is -2.36. The van der Waals surface area contributed by atoms with Gasteiger partial charge in [-0.05, 0) is 25.4 Å². The van der Waals surface area contributed by atoms with E-state index in [4.69, 9.17) is 0 Å². The molecule has 0 fully saturated rings. The predicted molar refractivity (Wildman–Crippen MR) is 75.3 cm³/mol. The maximum Gasteiger partial charge on any atom is 0.251 e. The summed E-state index contributed by atoms with van der Waals surface area (Å²) in [6.45, 7) is 2.06. The molecule has 0 aliphatic heterocycles. The van der Waals surface area contributed by atoms with Crippen LogP contribution in [0, 0.1) is 6.92 Å². The molecule has 1 amide bonds. The Kier molecular flexibility index (Phi) is 6.58. The highest BCUT2D eigenvalue weighted by molar-refractivity contribution is 7.98. The summed E-state index contributed by atoms with van der Waals surface area (Å²) in [5, 5.41) is 12.2. The molecule has 0 unspecified atom stereocenters. The van der Waals surface area contributed by atoms with E-state index >= 15 is 0 Å². The number of aromatic amines is 1. The molecule has 1 aromatic heterocycles. The fourth-order valence-corrected chi connectivity index (χ4v) is 2.02. The maximum atomic E-state index is 11.5. The van der Waals surface area contributed by atoms with Gasteiger partial charge in [0.1, 0.15) is 11.9 Å². The van der Waals surface area contributed by atoms with E-state index < -0.39 is 6.10 Å². The van der Waals surface area contributed by atoms with Crippen LogP contribution in [-0.2, 0) is 11.2 Å². The van der Waals surface area contributed by atoms with Crippen molar-refractivity contribution in [3.05, 3.63) is 27.9 Å². The van der Waals surface area contributed by atoms with Crippen molar-refractivity contribution in [1.82, 2.24) is 15.3 Å². The molecule has 7 heteroatoms. The SMILES string of the molecule is CSCC[C@H](O)C(=O)NCCc1cc(=O)[nH]c(C)n1. The molecule has 1 heterocycles. The monoisotopic (exact) mass is 285 g/mol. The minimum atomic E-state index is -0.971. The lowest BCUT2D eigenvalue weighted by Gasteiger charge is -2.10. The second kappa shape index (κ2) is 7.96. The molecule has 0 aliphatic carbocycles. The van der Waals surface area contributed by atoms with E-state index in [2.05, 4.69) is 15.3 Å². The summed E-state index contributed by atoms with van der Waals surface area (Å²) in [6, 6.07) is 1.41. The van der Waals surface area contributed by atoms with Gasteiger partial charge < -0.3 is 15.4 Å². The number of nitrogens with one attached hydrogen (secondary N) is 2. The van der Waals surface area contributed by atoms with Gasteiger partial charge in [0.2, 0.25) is 5.91 Å². The highest BCUT2D eigenvalue weighted by atomic mass is 32.2. The molecule has 19 heavy (non-hydrogen) atoms. The first-order chi connectivity index (χ1) is 9.02. The predicted octanol–water partition coefficient (Wildman–Crippen LogP) is -0.149. The molecule has 0 saturated carbocycles. The van der Waals surface area contributed by atoms with Crippen molar-refractivity contribution in [2.24, 2.45) is 0 Å². The van der Waals surface area contributed by atoms with Gasteiger partial charge in [0.15, 0.2) is 0 Å². The summed E-state index contributed by atoms with van der Waals surface area (Å²) in [5.41, 5.74) is 0.425. The Morgan fingerprint density at radius 2 is 2.37 bits per heavy atom. The van der Waals surface area contributed by atoms with Crippen molar-refractivity contribution in [1.29, 1.82) is 0 Å². The van der Waals surface area contributed by atoms with Gasteiger partial charge in [0, 0.05) is 24.7 Å². The van der Waals surface area contributed by atoms with E-state index in [1.54, 1.807) is 18.7 Å². The van der Waals surface area contributed by atoms with E-state index in [9.17, 15) is 14.7 Å². The molecule has 6 nitrogen and oxygen atoms in total. The Balaban J connectivity index is 2.37. The molecule has 0 saturated heterocycles. The topological polar surface area (TPSA) is 95.1 Å². The number of aliphatic hydroxyl groups is 1. The van der Waals surface area contributed by atoms with Crippen molar-refractivity contribution in [3.63, 3.8) is 0 Å². The third-order valence-corrected chi connectivity index (χ3v) is 3.14. The number of nitrogens with zero attached hydrogens (tertiary/aromatic N) is 1. The third kappa shape index (κ3) is 5.89. The van der Waals surface area contributed by atoms with Gasteiger partial charge in [-0.1, -0.05) is 0 Å². The number of aryl methyl sites for hydroxylation is 1. The fraction of sp³-hybridized carbons (Fsp3) is 0.583. The Labute approximate surface area is 116 Å². The van der Waals surface area contributed by atoms with E-state index in [0.717, 1.165) is 5.75 Å². The van der Waals surface area contributed by atoms with Crippen LogP contribution >= 0.6 is 11.8 Å². The number of hydrogen-bond acceptors (Lipinski definition) is 5. The lowest BCUT2D eigenvalue weighted by molar-refractivity contribution is -0.129. The molecule has 0 aromatic carbocycles. The summed E-state index contributed by atoms with van der Waals surface area (Å²) < 4.78 is 0. The molecule has 1 atom stereocenters. The van der Waals surface area contributed by atoms with Crippen LogP contribution in [0.2, 0.25) is 0 Å². The van der Waals surface area contributed by atoms with Gasteiger partial charge in [-0.3, -0.25) is 9.59 Å². The highest BCUT2D eigenvalue weighted by Crippen LogP contribution is 2.00. The molecular formula is C12H19N3O3S. The third-order valence-electron chi connectivity index (χ3n) is 2.49. The zero-order chi connectivity index (χ0) is 14.3. The van der Waals surface area contributed by atoms with Crippen molar-refractivity contribution in [3.8, 4) is 0 Å². The van der Waals surface area contributed by atoms with Gasteiger partial charge in [-0.25, -0.2) is 4.98 Å². The zero-order valence-corrected chi connectivity index (χ0v) is 11.9. The molecule has 1 aromatic rings. The van der Waals surface area contributed by atoms with E-state index in [0.29, 0.717) is 30.9 Å². The number of carbonyl (C=O) groups is 1. The number of thioether (sulfide) groups is 1. The number of carbonyl (C=O) groups excluding carboxylic acids is 1. The van der Waals surface area contributed by atoms with Crippen LogP contribution in [0.4, 0.5) is 0 Å². The van der Waals surface area contributed by atoms with Crippen LogP contribution in [0.15, 0.2) is 10.9 Å². The lowest BCUT2D eigenvalue weighted by atomic mass is 10.2. The standard InChI is InChI=1S/C12H19N3O3S/c1-8-14-9(7-11(17)15-8)3-5-13-12(18)10(16)4-6-19-2/h7,10,16H,3-6H2,1-2H3,(H,13,18)(H,14,15,17)/t10-/m0/s1. The van der Waals surface area contributed by atoms with Gasteiger partial charge in [-0.15, -0.1) is 0 Å². The van der Waals surface area contributed by atoms with Crippen LogP contribution in [0.5, 0.6) is 0 Å². The van der Waals surface area contributed by atoms with E-state index in [1.165, 1.54) is 6.07 Å². The molecule has 0 spiro atoms. The quantitative estimate of drug-likeness (QED) is 0.647. The minimum absolute atomic E-state index is 0.200. The minimum Gasteiger partial charge on any atom is -0.383 e. The molecule has 0 bridgehead atoms. The van der Waals surface area contributed by atoms with Crippen molar-refractivity contribution in [2.75, 3.05) is 18.6 Å². The van der Waals surface area contributed by atoms with Gasteiger partial charge in [0.05, 0.1) is 0 Å². The second-order valence-corrected chi connectivity index (χ2v) is 5.15. The molecule has 0 aliphatic rings. The van der Waals surface area contributed by atoms with Crippen LogP contribution in [0.1, 0.15) is 17.9 Å². The average Bonchev–Trinajstić information content (AvgIpc) is 2.34. The molecule has 0 radical (unpaired) electrons. The Bertz CT molecular complexity index is 476. The highest BCUT2D eigenvalue weighted by Gasteiger charge is 2.13. The first-order valence-electron chi connectivity index (χ1n) is 6.04. The normalized spacial score (nSPS) is 12.2. The average molecular weight is 285 g/mol. The first-order valence-corrected chi connectivity index (χ1v) is 7.44. The summed E-state index contributed by atoms with van der Waals surface area (Å²) in [5.74, 6) is 0.910. The summed E-state index contributed by atoms with van der Waals surface area (Å²) in [6.07, 6.45) is 1.86. The number of aromatic nitrogens is 2. The fourth-order valence-electron chi connectivity index (χ4n) is 1.56. The number of H-pyrrole nitrogens is 1. The van der Waals surface area contributed by atoms with E-state index in [-0.39, 0.29) is 11.5 Å². The van der Waals surface area contributed by atoms with Crippen LogP contribution in [0.25, 0.3) is 0 Å². The Hall–Kier alpha value is -1.34. The molecule has 106 valence electrons. The molecular weight excluding hydrogens is 266 g/mol. The van der Waals surface area contributed by atoms with Gasteiger partial charge in [0.25, 0.3) is 5.56 Å². The zero-order valence-electron chi connectivity index (χ0n) is 11.1. The number of rotatable bonds is 7. The second-order valence-electron chi connectivity index (χ2n) is 4.16.